The quantitative estimate of drug-likeness (QED) is 0.252. The Bertz CT molecular complexity index is 1080. The second-order valence-electron chi connectivity index (χ2n) is 8.14. The molecule has 3 aromatic rings. The molecule has 1 aliphatic heterocycles. The standard InChI is InChI=1S/C26H28N2O5/c1-18-22(27-24(32-18)20-9-5-3-6-10-20)16-17-31-21-14-12-19(13-15-21)8-4-2-7-11-23-25(29)33-26(30)28-23/h3,5-6,9-10,12-15,23H,2,4,7-8,11,16-17H2,1H3,(H,28,30). The summed E-state index contributed by atoms with van der Waals surface area (Å²) < 4.78 is 16.2. The minimum atomic E-state index is -0.639. The zero-order chi connectivity index (χ0) is 23.0. The Hall–Kier alpha value is -3.61. The van der Waals surface area contributed by atoms with Crippen LogP contribution in [0.2, 0.25) is 0 Å². The van der Waals surface area contributed by atoms with Crippen molar-refractivity contribution in [1.82, 2.24) is 10.3 Å². The number of rotatable bonds is 11. The molecule has 1 N–H and O–H groups in total. The van der Waals surface area contributed by atoms with Gasteiger partial charge in [0.25, 0.3) is 0 Å². The van der Waals surface area contributed by atoms with E-state index in [9.17, 15) is 9.59 Å². The Morgan fingerprint density at radius 3 is 2.48 bits per heavy atom. The van der Waals surface area contributed by atoms with Gasteiger partial charge in [-0.2, -0.15) is 0 Å². The summed E-state index contributed by atoms with van der Waals surface area (Å²) >= 11 is 0. The number of cyclic esters (lactones) is 2. The van der Waals surface area contributed by atoms with Crippen LogP contribution in [0.4, 0.5) is 4.79 Å². The maximum absolute atomic E-state index is 11.4. The van der Waals surface area contributed by atoms with Gasteiger partial charge in [-0.05, 0) is 56.0 Å². The number of benzene rings is 2. The third kappa shape index (κ3) is 6.22. The Balaban J connectivity index is 1.15. The van der Waals surface area contributed by atoms with E-state index in [4.69, 9.17) is 9.15 Å². The summed E-state index contributed by atoms with van der Waals surface area (Å²) in [6.45, 7) is 2.46. The summed E-state index contributed by atoms with van der Waals surface area (Å²) in [5.74, 6) is 1.82. The predicted molar refractivity (Wildman–Crippen MR) is 123 cm³/mol. The van der Waals surface area contributed by atoms with Crippen LogP contribution >= 0.6 is 0 Å². The van der Waals surface area contributed by atoms with E-state index in [0.717, 1.165) is 48.5 Å². The summed E-state index contributed by atoms with van der Waals surface area (Å²) in [4.78, 5) is 27.0. The lowest BCUT2D eigenvalue weighted by atomic mass is 10.0. The Morgan fingerprint density at radius 1 is 0.970 bits per heavy atom. The van der Waals surface area contributed by atoms with Crippen LogP contribution in [0.3, 0.4) is 0 Å². The number of esters is 1. The van der Waals surface area contributed by atoms with Crippen molar-refractivity contribution in [3.05, 3.63) is 71.6 Å². The average molecular weight is 449 g/mol. The molecule has 0 saturated carbocycles. The largest absolute Gasteiger partial charge is 0.493 e. The maximum atomic E-state index is 11.4. The molecule has 2 aromatic carbocycles. The first-order valence-corrected chi connectivity index (χ1v) is 11.3. The number of aromatic nitrogens is 1. The number of ether oxygens (including phenoxy) is 2. The van der Waals surface area contributed by atoms with E-state index in [2.05, 4.69) is 27.2 Å². The highest BCUT2D eigenvalue weighted by Crippen LogP contribution is 2.22. The van der Waals surface area contributed by atoms with Gasteiger partial charge >= 0.3 is 12.1 Å². The summed E-state index contributed by atoms with van der Waals surface area (Å²) in [6.07, 6.45) is 4.50. The van der Waals surface area contributed by atoms with Gasteiger partial charge in [0.1, 0.15) is 17.6 Å². The van der Waals surface area contributed by atoms with E-state index in [1.165, 1.54) is 5.56 Å². The second-order valence-corrected chi connectivity index (χ2v) is 8.14. The van der Waals surface area contributed by atoms with Gasteiger partial charge in [-0.25, -0.2) is 14.6 Å². The van der Waals surface area contributed by atoms with E-state index in [1.807, 2.05) is 49.4 Å². The second kappa shape index (κ2) is 10.8. The van der Waals surface area contributed by atoms with Crippen LogP contribution in [0, 0.1) is 6.92 Å². The fourth-order valence-electron chi connectivity index (χ4n) is 3.82. The lowest BCUT2D eigenvalue weighted by molar-refractivity contribution is -0.135. The molecule has 172 valence electrons. The van der Waals surface area contributed by atoms with Crippen molar-refractivity contribution in [3.63, 3.8) is 0 Å². The molecule has 0 bridgehead atoms. The first-order chi connectivity index (χ1) is 16.1. The van der Waals surface area contributed by atoms with Crippen LogP contribution in [0.5, 0.6) is 5.75 Å². The fraction of sp³-hybridized carbons (Fsp3) is 0.346. The monoisotopic (exact) mass is 448 g/mol. The average Bonchev–Trinajstić information content (AvgIpc) is 3.35. The van der Waals surface area contributed by atoms with E-state index in [0.29, 0.717) is 25.3 Å². The van der Waals surface area contributed by atoms with Crippen molar-refractivity contribution in [3.8, 4) is 17.2 Å². The molecule has 1 saturated heterocycles. The van der Waals surface area contributed by atoms with Gasteiger partial charge in [0.05, 0.1) is 12.3 Å². The molecule has 0 aliphatic carbocycles. The van der Waals surface area contributed by atoms with Crippen LogP contribution in [-0.4, -0.2) is 29.7 Å². The normalized spacial score (nSPS) is 15.4. The van der Waals surface area contributed by atoms with Gasteiger partial charge in [-0.1, -0.05) is 43.2 Å². The Morgan fingerprint density at radius 2 is 1.76 bits per heavy atom. The summed E-state index contributed by atoms with van der Waals surface area (Å²) in [5, 5.41) is 2.52. The minimum Gasteiger partial charge on any atom is -0.493 e. The highest BCUT2D eigenvalue weighted by molar-refractivity contribution is 5.95. The molecule has 1 unspecified atom stereocenters. The number of carbonyl (C=O) groups excluding carboxylic acids is 2. The molecule has 1 fully saturated rings. The van der Waals surface area contributed by atoms with Gasteiger partial charge in [0.15, 0.2) is 0 Å². The van der Waals surface area contributed by atoms with Crippen LogP contribution in [0.1, 0.15) is 42.7 Å². The SMILES string of the molecule is Cc1oc(-c2ccccc2)nc1CCOc1ccc(CCCCCC2NC(=O)OC2=O)cc1. The number of unbranched alkanes of at least 4 members (excludes halogenated alkanes) is 2. The maximum Gasteiger partial charge on any atom is 0.415 e. The molecule has 1 amide bonds. The predicted octanol–water partition coefficient (Wildman–Crippen LogP) is 5.01. The molecule has 4 rings (SSSR count). The van der Waals surface area contributed by atoms with Gasteiger partial charge < -0.3 is 19.2 Å². The summed E-state index contributed by atoms with van der Waals surface area (Å²) in [5.41, 5.74) is 3.13. The molecular weight excluding hydrogens is 420 g/mol. The molecule has 1 atom stereocenters. The zero-order valence-corrected chi connectivity index (χ0v) is 18.7. The fourth-order valence-corrected chi connectivity index (χ4v) is 3.82. The number of carbonyl (C=O) groups is 2. The number of alkyl carbamates (subject to hydrolysis) is 1. The summed E-state index contributed by atoms with van der Waals surface area (Å²) in [7, 11) is 0. The van der Waals surface area contributed by atoms with E-state index < -0.39 is 18.1 Å². The van der Waals surface area contributed by atoms with Crippen molar-refractivity contribution >= 4 is 12.1 Å². The lowest BCUT2D eigenvalue weighted by Crippen LogP contribution is -2.28. The van der Waals surface area contributed by atoms with Gasteiger partial charge in [-0.15, -0.1) is 0 Å². The number of amides is 1. The third-order valence-electron chi connectivity index (χ3n) is 5.67. The number of nitrogens with one attached hydrogen (secondary N) is 1. The van der Waals surface area contributed by atoms with Crippen molar-refractivity contribution < 1.29 is 23.5 Å². The van der Waals surface area contributed by atoms with Gasteiger partial charge in [0.2, 0.25) is 5.89 Å². The van der Waals surface area contributed by atoms with Crippen molar-refractivity contribution in [1.29, 1.82) is 0 Å². The number of hydrogen-bond donors (Lipinski definition) is 1. The van der Waals surface area contributed by atoms with E-state index >= 15 is 0 Å². The van der Waals surface area contributed by atoms with Crippen molar-refractivity contribution in [2.24, 2.45) is 0 Å². The van der Waals surface area contributed by atoms with Crippen LogP contribution < -0.4 is 10.1 Å². The minimum absolute atomic E-state index is 0.467. The zero-order valence-electron chi connectivity index (χ0n) is 18.7. The number of aryl methyl sites for hydroxylation is 2. The third-order valence-corrected chi connectivity index (χ3v) is 5.67. The van der Waals surface area contributed by atoms with E-state index in [-0.39, 0.29) is 0 Å². The Labute approximate surface area is 193 Å². The molecule has 0 radical (unpaired) electrons. The molecule has 7 heteroatoms. The van der Waals surface area contributed by atoms with Crippen molar-refractivity contribution in [2.75, 3.05) is 6.61 Å². The number of nitrogens with zero attached hydrogens (tertiary/aromatic N) is 1. The highest BCUT2D eigenvalue weighted by atomic mass is 16.6. The molecule has 2 heterocycles. The topological polar surface area (TPSA) is 90.7 Å². The first-order valence-electron chi connectivity index (χ1n) is 11.3. The smallest absolute Gasteiger partial charge is 0.415 e. The van der Waals surface area contributed by atoms with Crippen LogP contribution in [0.25, 0.3) is 11.5 Å². The molecule has 1 aromatic heterocycles. The first kappa shape index (κ1) is 22.6. The molecule has 1 aliphatic rings. The number of hydrogen-bond acceptors (Lipinski definition) is 6. The molecular formula is C26H28N2O5. The van der Waals surface area contributed by atoms with Gasteiger partial charge in [-0.3, -0.25) is 0 Å². The van der Waals surface area contributed by atoms with Gasteiger partial charge in [0, 0.05) is 12.0 Å². The van der Waals surface area contributed by atoms with Crippen LogP contribution in [-0.2, 0) is 22.4 Å². The van der Waals surface area contributed by atoms with Crippen molar-refractivity contribution in [2.45, 2.75) is 51.5 Å². The summed E-state index contributed by atoms with van der Waals surface area (Å²) in [6, 6.07) is 17.5. The highest BCUT2D eigenvalue weighted by Gasteiger charge is 2.31. The molecule has 0 spiro atoms. The number of oxazole rings is 1. The molecule has 33 heavy (non-hydrogen) atoms. The lowest BCUT2D eigenvalue weighted by Gasteiger charge is -2.07. The Kier molecular flexibility index (Phi) is 7.40. The molecule has 7 nitrogen and oxygen atoms in total. The van der Waals surface area contributed by atoms with E-state index in [1.54, 1.807) is 0 Å². The van der Waals surface area contributed by atoms with Crippen LogP contribution in [0.15, 0.2) is 59.0 Å².